The van der Waals surface area contributed by atoms with Crippen LogP contribution in [-0.4, -0.2) is 16.9 Å². The van der Waals surface area contributed by atoms with Gasteiger partial charge in [-0.15, -0.1) is 0 Å². The van der Waals surface area contributed by atoms with Crippen LogP contribution in [0.25, 0.3) is 0 Å². The SMILES string of the molecule is CCc1nn(CC)c(COc2ccc(OC)cc2N)c1Cl. The number of hydrogen-bond donors (Lipinski definition) is 1. The molecule has 1 aromatic heterocycles. The maximum Gasteiger partial charge on any atom is 0.143 e. The molecule has 2 N–H and O–H groups in total. The predicted molar refractivity (Wildman–Crippen MR) is 84.0 cm³/mol. The van der Waals surface area contributed by atoms with E-state index in [1.807, 2.05) is 24.6 Å². The number of rotatable bonds is 6. The van der Waals surface area contributed by atoms with E-state index in [4.69, 9.17) is 26.8 Å². The molecule has 0 spiro atoms. The van der Waals surface area contributed by atoms with Gasteiger partial charge in [0.2, 0.25) is 0 Å². The number of benzene rings is 1. The Balaban J connectivity index is 2.18. The predicted octanol–water partition coefficient (Wildman–Crippen LogP) is 3.29. The summed E-state index contributed by atoms with van der Waals surface area (Å²) in [7, 11) is 1.60. The summed E-state index contributed by atoms with van der Waals surface area (Å²) in [4.78, 5) is 0. The molecular formula is C15H20ClN3O2. The quantitative estimate of drug-likeness (QED) is 0.832. The summed E-state index contributed by atoms with van der Waals surface area (Å²) >= 11 is 6.35. The van der Waals surface area contributed by atoms with Crippen LogP contribution >= 0.6 is 11.6 Å². The number of aromatic nitrogens is 2. The summed E-state index contributed by atoms with van der Waals surface area (Å²) in [5.41, 5.74) is 8.23. The minimum absolute atomic E-state index is 0.330. The third-order valence-corrected chi connectivity index (χ3v) is 3.71. The highest BCUT2D eigenvalue weighted by Crippen LogP contribution is 2.28. The molecule has 0 fully saturated rings. The fraction of sp³-hybridized carbons (Fsp3) is 0.400. The molecule has 0 aliphatic carbocycles. The largest absolute Gasteiger partial charge is 0.497 e. The maximum absolute atomic E-state index is 6.35. The molecule has 21 heavy (non-hydrogen) atoms. The van der Waals surface area contributed by atoms with Gasteiger partial charge in [-0.05, 0) is 25.5 Å². The van der Waals surface area contributed by atoms with Crippen molar-refractivity contribution in [3.05, 3.63) is 34.6 Å². The Morgan fingerprint density at radius 2 is 2.10 bits per heavy atom. The Morgan fingerprint density at radius 1 is 1.33 bits per heavy atom. The number of nitrogens with two attached hydrogens (primary N) is 1. The van der Waals surface area contributed by atoms with Crippen molar-refractivity contribution in [2.24, 2.45) is 0 Å². The lowest BCUT2D eigenvalue weighted by molar-refractivity contribution is 0.293. The van der Waals surface area contributed by atoms with Crippen LogP contribution in [0, 0.1) is 0 Å². The first-order chi connectivity index (χ1) is 10.1. The second-order valence-electron chi connectivity index (χ2n) is 4.57. The molecular weight excluding hydrogens is 290 g/mol. The maximum atomic E-state index is 6.35. The average molecular weight is 310 g/mol. The van der Waals surface area contributed by atoms with Crippen LogP contribution in [0.3, 0.4) is 0 Å². The smallest absolute Gasteiger partial charge is 0.143 e. The first-order valence-corrected chi connectivity index (χ1v) is 7.28. The molecule has 0 unspecified atom stereocenters. The van der Waals surface area contributed by atoms with Gasteiger partial charge in [0.15, 0.2) is 0 Å². The molecule has 0 aliphatic heterocycles. The van der Waals surface area contributed by atoms with Gasteiger partial charge in [0.25, 0.3) is 0 Å². The number of nitrogens with zero attached hydrogens (tertiary/aromatic N) is 2. The van der Waals surface area contributed by atoms with Crippen molar-refractivity contribution < 1.29 is 9.47 Å². The molecule has 0 saturated heterocycles. The van der Waals surface area contributed by atoms with E-state index in [0.29, 0.717) is 28.8 Å². The van der Waals surface area contributed by atoms with Gasteiger partial charge in [-0.25, -0.2) is 0 Å². The molecule has 2 rings (SSSR count). The number of methoxy groups -OCH3 is 1. The highest BCUT2D eigenvalue weighted by molar-refractivity contribution is 6.31. The monoisotopic (exact) mass is 309 g/mol. The molecule has 0 aliphatic rings. The number of nitrogen functional groups attached to an aromatic ring is 1. The van der Waals surface area contributed by atoms with Crippen molar-refractivity contribution >= 4 is 17.3 Å². The van der Waals surface area contributed by atoms with Crippen molar-refractivity contribution in [2.45, 2.75) is 33.4 Å². The Labute approximate surface area is 129 Å². The minimum atomic E-state index is 0.330. The van der Waals surface area contributed by atoms with E-state index < -0.39 is 0 Å². The van der Waals surface area contributed by atoms with Crippen LogP contribution in [0.15, 0.2) is 18.2 Å². The lowest BCUT2D eigenvalue weighted by atomic mass is 10.2. The van der Waals surface area contributed by atoms with Crippen LogP contribution in [-0.2, 0) is 19.6 Å². The molecule has 0 amide bonds. The zero-order chi connectivity index (χ0) is 15.4. The first-order valence-electron chi connectivity index (χ1n) is 6.91. The van der Waals surface area contributed by atoms with Crippen molar-refractivity contribution in [2.75, 3.05) is 12.8 Å². The Morgan fingerprint density at radius 3 is 2.67 bits per heavy atom. The number of anilines is 1. The van der Waals surface area contributed by atoms with Crippen molar-refractivity contribution in [3.63, 3.8) is 0 Å². The Kier molecular flexibility index (Phi) is 4.96. The first kappa shape index (κ1) is 15.5. The summed E-state index contributed by atoms with van der Waals surface area (Å²) in [6.07, 6.45) is 0.795. The number of hydrogen-bond acceptors (Lipinski definition) is 4. The second-order valence-corrected chi connectivity index (χ2v) is 4.95. The fourth-order valence-corrected chi connectivity index (χ4v) is 2.41. The number of halogens is 1. The molecule has 6 heteroatoms. The molecule has 1 heterocycles. The third kappa shape index (κ3) is 3.24. The molecule has 0 radical (unpaired) electrons. The topological polar surface area (TPSA) is 62.3 Å². The highest BCUT2D eigenvalue weighted by Gasteiger charge is 2.15. The van der Waals surface area contributed by atoms with Crippen LogP contribution < -0.4 is 15.2 Å². The van der Waals surface area contributed by atoms with Gasteiger partial charge in [-0.2, -0.15) is 5.10 Å². The van der Waals surface area contributed by atoms with Gasteiger partial charge in [0.05, 0.1) is 29.2 Å². The van der Waals surface area contributed by atoms with Gasteiger partial charge in [0.1, 0.15) is 18.1 Å². The van der Waals surface area contributed by atoms with Gasteiger partial charge in [-0.3, -0.25) is 4.68 Å². The van der Waals surface area contributed by atoms with Crippen LogP contribution in [0.4, 0.5) is 5.69 Å². The number of aryl methyl sites for hydroxylation is 2. The Hall–Kier alpha value is -1.88. The van der Waals surface area contributed by atoms with E-state index in [0.717, 1.165) is 24.4 Å². The second kappa shape index (κ2) is 6.72. The standard InChI is InChI=1S/C15H20ClN3O2/c1-4-12-15(16)13(19(5-2)18-12)9-21-14-7-6-10(20-3)8-11(14)17/h6-8H,4-5,9,17H2,1-3H3. The zero-order valence-electron chi connectivity index (χ0n) is 12.5. The van der Waals surface area contributed by atoms with Gasteiger partial charge >= 0.3 is 0 Å². The molecule has 0 atom stereocenters. The average Bonchev–Trinajstić information content (AvgIpc) is 2.81. The van der Waals surface area contributed by atoms with Gasteiger partial charge in [0, 0.05) is 12.6 Å². The van der Waals surface area contributed by atoms with Crippen molar-refractivity contribution in [3.8, 4) is 11.5 Å². The summed E-state index contributed by atoms with van der Waals surface area (Å²) in [5, 5.41) is 5.13. The molecule has 1 aromatic carbocycles. The molecule has 114 valence electrons. The van der Waals surface area contributed by atoms with E-state index in [1.54, 1.807) is 19.2 Å². The third-order valence-electron chi connectivity index (χ3n) is 3.28. The molecule has 5 nitrogen and oxygen atoms in total. The van der Waals surface area contributed by atoms with E-state index in [9.17, 15) is 0 Å². The van der Waals surface area contributed by atoms with E-state index in [2.05, 4.69) is 5.10 Å². The molecule has 2 aromatic rings. The van der Waals surface area contributed by atoms with Gasteiger partial charge < -0.3 is 15.2 Å². The zero-order valence-corrected chi connectivity index (χ0v) is 13.3. The van der Waals surface area contributed by atoms with Crippen LogP contribution in [0.1, 0.15) is 25.2 Å². The summed E-state index contributed by atoms with van der Waals surface area (Å²) < 4.78 is 12.8. The van der Waals surface area contributed by atoms with Gasteiger partial charge in [-0.1, -0.05) is 18.5 Å². The van der Waals surface area contributed by atoms with Crippen LogP contribution in [0.5, 0.6) is 11.5 Å². The molecule has 0 saturated carbocycles. The fourth-order valence-electron chi connectivity index (χ4n) is 2.09. The lowest BCUT2D eigenvalue weighted by Gasteiger charge is -2.11. The summed E-state index contributed by atoms with van der Waals surface area (Å²) in [5.74, 6) is 1.30. The van der Waals surface area contributed by atoms with E-state index >= 15 is 0 Å². The van der Waals surface area contributed by atoms with E-state index in [-0.39, 0.29) is 0 Å². The van der Waals surface area contributed by atoms with Crippen LogP contribution in [0.2, 0.25) is 5.02 Å². The van der Waals surface area contributed by atoms with Crippen molar-refractivity contribution in [1.29, 1.82) is 0 Å². The lowest BCUT2D eigenvalue weighted by Crippen LogP contribution is -2.07. The summed E-state index contributed by atoms with van der Waals surface area (Å²) in [6, 6.07) is 5.32. The van der Waals surface area contributed by atoms with E-state index in [1.165, 1.54) is 0 Å². The van der Waals surface area contributed by atoms with Crippen molar-refractivity contribution in [1.82, 2.24) is 9.78 Å². The normalized spacial score (nSPS) is 10.7. The number of ether oxygens (including phenoxy) is 2. The minimum Gasteiger partial charge on any atom is -0.497 e. The molecule has 0 bridgehead atoms. The summed E-state index contributed by atoms with van der Waals surface area (Å²) in [6.45, 7) is 5.13. The highest BCUT2D eigenvalue weighted by atomic mass is 35.5. The Bertz CT molecular complexity index is 626.